The fraction of sp³-hybridized carbons (Fsp3) is 0.294. The third kappa shape index (κ3) is 3.42. The van der Waals surface area contributed by atoms with Gasteiger partial charge in [0.05, 0.1) is 11.6 Å². The van der Waals surface area contributed by atoms with Gasteiger partial charge in [-0.05, 0) is 43.0 Å². The lowest BCUT2D eigenvalue weighted by Gasteiger charge is -2.21. The molecule has 1 amide bonds. The zero-order chi connectivity index (χ0) is 16.2. The van der Waals surface area contributed by atoms with E-state index in [4.69, 9.17) is 9.47 Å². The number of carbonyl (C=O) groups excluding carboxylic acids is 1. The summed E-state index contributed by atoms with van der Waals surface area (Å²) in [6.07, 6.45) is 3.59. The number of hydrogen-bond acceptors (Lipinski definition) is 5. The molecule has 3 rings (SSSR count). The predicted octanol–water partition coefficient (Wildman–Crippen LogP) is 3.07. The Balaban J connectivity index is 1.76. The molecule has 6 heteroatoms. The molecule has 1 aliphatic heterocycles. The van der Waals surface area contributed by atoms with Crippen molar-refractivity contribution in [3.05, 3.63) is 47.7 Å². The Bertz CT molecular complexity index is 721. The molecular weight excluding hydrogens is 312 g/mol. The first-order valence-electron chi connectivity index (χ1n) is 7.38. The Labute approximate surface area is 139 Å². The van der Waals surface area contributed by atoms with Gasteiger partial charge in [0.25, 0.3) is 5.91 Å². The van der Waals surface area contributed by atoms with Crippen molar-refractivity contribution in [1.29, 1.82) is 0 Å². The van der Waals surface area contributed by atoms with Crippen LogP contribution in [0.15, 0.2) is 41.6 Å². The zero-order valence-corrected chi connectivity index (χ0v) is 13.9. The minimum Gasteiger partial charge on any atom is -0.486 e. The van der Waals surface area contributed by atoms with Gasteiger partial charge >= 0.3 is 0 Å². The molecule has 120 valence electrons. The van der Waals surface area contributed by atoms with E-state index in [1.54, 1.807) is 18.3 Å². The van der Waals surface area contributed by atoms with E-state index < -0.39 is 0 Å². The third-order valence-corrected chi connectivity index (χ3v) is 4.33. The molecule has 0 bridgehead atoms. The first kappa shape index (κ1) is 15.7. The van der Waals surface area contributed by atoms with Crippen LogP contribution in [0.25, 0.3) is 0 Å². The molecule has 1 aliphatic rings. The Morgan fingerprint density at radius 2 is 2.04 bits per heavy atom. The highest BCUT2D eigenvalue weighted by molar-refractivity contribution is 7.98. The molecule has 0 saturated heterocycles. The van der Waals surface area contributed by atoms with Crippen molar-refractivity contribution in [2.75, 3.05) is 19.5 Å². The average Bonchev–Trinajstić information content (AvgIpc) is 2.61. The number of benzene rings is 1. The molecule has 0 fully saturated rings. The maximum atomic E-state index is 12.5. The molecule has 1 unspecified atom stereocenters. The van der Waals surface area contributed by atoms with Gasteiger partial charge in [-0.2, -0.15) is 0 Å². The Morgan fingerprint density at radius 1 is 1.26 bits per heavy atom. The quantitative estimate of drug-likeness (QED) is 0.873. The fourth-order valence-corrected chi connectivity index (χ4v) is 2.96. The highest BCUT2D eigenvalue weighted by Gasteiger charge is 2.18. The van der Waals surface area contributed by atoms with Gasteiger partial charge in [-0.15, -0.1) is 11.8 Å². The summed E-state index contributed by atoms with van der Waals surface area (Å²) in [6, 6.07) is 9.14. The number of aromatic nitrogens is 1. The van der Waals surface area contributed by atoms with Crippen molar-refractivity contribution in [2.45, 2.75) is 18.0 Å². The number of amides is 1. The number of nitrogens with zero attached hydrogens (tertiary/aromatic N) is 1. The minimum absolute atomic E-state index is 0.134. The van der Waals surface area contributed by atoms with Crippen LogP contribution in [0.4, 0.5) is 0 Å². The van der Waals surface area contributed by atoms with Crippen LogP contribution in [0.5, 0.6) is 11.5 Å². The van der Waals surface area contributed by atoms with Gasteiger partial charge in [-0.3, -0.25) is 4.79 Å². The average molecular weight is 330 g/mol. The lowest BCUT2D eigenvalue weighted by Crippen LogP contribution is -2.27. The fourth-order valence-electron chi connectivity index (χ4n) is 2.41. The first-order valence-corrected chi connectivity index (χ1v) is 8.61. The van der Waals surface area contributed by atoms with E-state index in [1.807, 2.05) is 31.4 Å². The molecule has 1 aromatic heterocycles. The standard InChI is InChI=1S/C17H18N2O3S/c1-11(12-5-6-14-15(10-12)22-9-8-21-14)19-16(20)13-4-3-7-18-17(13)23-2/h3-7,10-11H,8-9H2,1-2H3,(H,19,20). The molecule has 2 heterocycles. The second kappa shape index (κ2) is 6.91. The molecule has 5 nitrogen and oxygen atoms in total. The summed E-state index contributed by atoms with van der Waals surface area (Å²) in [6.45, 7) is 3.06. The van der Waals surface area contributed by atoms with Gasteiger partial charge in [0, 0.05) is 6.20 Å². The number of nitrogens with one attached hydrogen (secondary N) is 1. The van der Waals surface area contributed by atoms with Crippen LogP contribution in [-0.4, -0.2) is 30.4 Å². The van der Waals surface area contributed by atoms with E-state index in [0.29, 0.717) is 18.8 Å². The monoisotopic (exact) mass is 330 g/mol. The van der Waals surface area contributed by atoms with Crippen LogP contribution >= 0.6 is 11.8 Å². The van der Waals surface area contributed by atoms with Gasteiger partial charge in [-0.25, -0.2) is 4.98 Å². The number of ether oxygens (including phenoxy) is 2. The van der Waals surface area contributed by atoms with E-state index >= 15 is 0 Å². The summed E-state index contributed by atoms with van der Waals surface area (Å²) in [5.74, 6) is 1.33. The molecule has 1 aromatic carbocycles. The normalized spacial score (nSPS) is 14.2. The summed E-state index contributed by atoms with van der Waals surface area (Å²) >= 11 is 1.46. The van der Waals surface area contributed by atoms with Crippen molar-refractivity contribution >= 4 is 17.7 Å². The minimum atomic E-state index is -0.145. The largest absolute Gasteiger partial charge is 0.486 e. The van der Waals surface area contributed by atoms with Gasteiger partial charge in [0.2, 0.25) is 0 Å². The summed E-state index contributed by atoms with van der Waals surface area (Å²) in [5.41, 5.74) is 1.56. The molecule has 1 N–H and O–H groups in total. The Kier molecular flexibility index (Phi) is 4.71. The molecule has 0 saturated carbocycles. The molecule has 0 aliphatic carbocycles. The summed E-state index contributed by atoms with van der Waals surface area (Å²) in [4.78, 5) is 16.7. The predicted molar refractivity (Wildman–Crippen MR) is 89.3 cm³/mol. The van der Waals surface area contributed by atoms with Crippen LogP contribution in [0.3, 0.4) is 0 Å². The third-order valence-electron chi connectivity index (χ3n) is 3.62. The van der Waals surface area contributed by atoms with Gasteiger partial charge in [-0.1, -0.05) is 6.07 Å². The van der Waals surface area contributed by atoms with E-state index in [-0.39, 0.29) is 11.9 Å². The zero-order valence-electron chi connectivity index (χ0n) is 13.0. The highest BCUT2D eigenvalue weighted by atomic mass is 32.2. The molecule has 2 aromatic rings. The summed E-state index contributed by atoms with van der Waals surface area (Å²) in [5, 5.41) is 3.73. The van der Waals surface area contributed by atoms with Crippen molar-refractivity contribution in [3.8, 4) is 11.5 Å². The summed E-state index contributed by atoms with van der Waals surface area (Å²) < 4.78 is 11.1. The highest BCUT2D eigenvalue weighted by Crippen LogP contribution is 2.32. The topological polar surface area (TPSA) is 60.5 Å². The van der Waals surface area contributed by atoms with Crippen LogP contribution in [0.1, 0.15) is 28.9 Å². The van der Waals surface area contributed by atoms with Gasteiger partial charge < -0.3 is 14.8 Å². The smallest absolute Gasteiger partial charge is 0.254 e. The second-order valence-corrected chi connectivity index (χ2v) is 5.95. The van der Waals surface area contributed by atoms with Crippen molar-refractivity contribution in [2.24, 2.45) is 0 Å². The first-order chi connectivity index (χ1) is 11.2. The van der Waals surface area contributed by atoms with Crippen LogP contribution in [-0.2, 0) is 0 Å². The van der Waals surface area contributed by atoms with Crippen molar-refractivity contribution in [1.82, 2.24) is 10.3 Å². The lowest BCUT2D eigenvalue weighted by molar-refractivity contribution is 0.0936. The van der Waals surface area contributed by atoms with Gasteiger partial charge in [0.15, 0.2) is 11.5 Å². The molecule has 0 spiro atoms. The molecule has 23 heavy (non-hydrogen) atoms. The maximum Gasteiger partial charge on any atom is 0.254 e. The van der Waals surface area contributed by atoms with E-state index in [9.17, 15) is 4.79 Å². The number of hydrogen-bond donors (Lipinski definition) is 1. The van der Waals surface area contributed by atoms with Crippen molar-refractivity contribution < 1.29 is 14.3 Å². The Morgan fingerprint density at radius 3 is 2.83 bits per heavy atom. The molecule has 0 radical (unpaired) electrons. The van der Waals surface area contributed by atoms with Crippen LogP contribution in [0, 0.1) is 0 Å². The maximum absolute atomic E-state index is 12.5. The van der Waals surface area contributed by atoms with E-state index in [0.717, 1.165) is 22.1 Å². The van der Waals surface area contributed by atoms with E-state index in [2.05, 4.69) is 10.3 Å². The number of rotatable bonds is 4. The van der Waals surface area contributed by atoms with Crippen LogP contribution < -0.4 is 14.8 Å². The number of thioether (sulfide) groups is 1. The van der Waals surface area contributed by atoms with Gasteiger partial charge in [0.1, 0.15) is 18.2 Å². The second-order valence-electron chi connectivity index (χ2n) is 5.16. The van der Waals surface area contributed by atoms with Crippen LogP contribution in [0.2, 0.25) is 0 Å². The van der Waals surface area contributed by atoms with E-state index in [1.165, 1.54) is 11.8 Å². The summed E-state index contributed by atoms with van der Waals surface area (Å²) in [7, 11) is 0. The molecular formula is C17H18N2O3S. The number of pyridine rings is 1. The SMILES string of the molecule is CSc1ncccc1C(=O)NC(C)c1ccc2c(c1)OCCO2. The molecule has 1 atom stereocenters. The number of fused-ring (bicyclic) bond motifs is 1. The van der Waals surface area contributed by atoms with Crippen molar-refractivity contribution in [3.63, 3.8) is 0 Å². The lowest BCUT2D eigenvalue weighted by atomic mass is 10.1. The Hall–Kier alpha value is -2.21. The number of carbonyl (C=O) groups is 1.